The summed E-state index contributed by atoms with van der Waals surface area (Å²) in [5.74, 6) is -0.480. The molecule has 0 N–H and O–H groups in total. The summed E-state index contributed by atoms with van der Waals surface area (Å²) in [6.07, 6.45) is 6.28. The zero-order valence-electron chi connectivity index (χ0n) is 14.1. The molecule has 1 heterocycles. The van der Waals surface area contributed by atoms with Gasteiger partial charge in [-0.3, -0.25) is 9.59 Å². The number of carbonyl (C=O) groups excluding carboxylic acids is 2. The summed E-state index contributed by atoms with van der Waals surface area (Å²) in [6, 6.07) is 9.57. The van der Waals surface area contributed by atoms with E-state index in [1.54, 1.807) is 0 Å². The van der Waals surface area contributed by atoms with E-state index in [0.29, 0.717) is 0 Å². The van der Waals surface area contributed by atoms with Crippen LogP contribution in [0.5, 0.6) is 0 Å². The Kier molecular flexibility index (Phi) is 5.03. The third kappa shape index (κ3) is 3.23. The molecule has 3 rings (SSSR count). The van der Waals surface area contributed by atoms with E-state index in [2.05, 4.69) is 13.0 Å². The predicted molar refractivity (Wildman–Crippen MR) is 90.0 cm³/mol. The van der Waals surface area contributed by atoms with Gasteiger partial charge in [0.25, 0.3) is 0 Å². The van der Waals surface area contributed by atoms with Gasteiger partial charge in [0.2, 0.25) is 0 Å². The first-order chi connectivity index (χ1) is 11.7. The average molecular weight is 328 g/mol. The molecule has 0 bridgehead atoms. The van der Waals surface area contributed by atoms with E-state index in [0.717, 1.165) is 43.2 Å². The second-order valence-corrected chi connectivity index (χ2v) is 6.63. The third-order valence-corrected chi connectivity index (χ3v) is 4.98. The first-order valence-electron chi connectivity index (χ1n) is 8.77. The van der Waals surface area contributed by atoms with Gasteiger partial charge in [-0.25, -0.2) is 0 Å². The van der Waals surface area contributed by atoms with Crippen LogP contribution in [0.3, 0.4) is 0 Å². The van der Waals surface area contributed by atoms with Crippen molar-refractivity contribution in [2.45, 2.75) is 58.2 Å². The Morgan fingerprint density at radius 1 is 1.33 bits per heavy atom. The van der Waals surface area contributed by atoms with E-state index in [9.17, 15) is 9.59 Å². The fourth-order valence-corrected chi connectivity index (χ4v) is 3.86. The lowest BCUT2D eigenvalue weighted by molar-refractivity contribution is -0.153. The van der Waals surface area contributed by atoms with Crippen LogP contribution in [0.15, 0.2) is 42.0 Å². The van der Waals surface area contributed by atoms with E-state index in [1.807, 2.05) is 30.3 Å². The summed E-state index contributed by atoms with van der Waals surface area (Å²) >= 11 is 0. The summed E-state index contributed by atoms with van der Waals surface area (Å²) in [7, 11) is 0. The molecule has 4 heteroatoms. The predicted octanol–water partition coefficient (Wildman–Crippen LogP) is 3.94. The number of rotatable bonds is 6. The molecule has 0 amide bonds. The Morgan fingerprint density at radius 2 is 2.12 bits per heavy atom. The monoisotopic (exact) mass is 328 g/mol. The Hall–Kier alpha value is -2.10. The van der Waals surface area contributed by atoms with Gasteiger partial charge in [0.1, 0.15) is 12.7 Å². The van der Waals surface area contributed by atoms with Crippen LogP contribution in [0.25, 0.3) is 0 Å². The molecule has 1 fully saturated rings. The van der Waals surface area contributed by atoms with Crippen molar-refractivity contribution in [1.29, 1.82) is 0 Å². The molecule has 2 atom stereocenters. The van der Waals surface area contributed by atoms with Crippen molar-refractivity contribution in [2.75, 3.05) is 0 Å². The van der Waals surface area contributed by atoms with Gasteiger partial charge in [0.15, 0.2) is 0 Å². The number of allylic oxidation sites excluding steroid dienone is 1. The number of benzene rings is 1. The van der Waals surface area contributed by atoms with Crippen molar-refractivity contribution >= 4 is 11.9 Å². The van der Waals surface area contributed by atoms with Crippen molar-refractivity contribution in [3.05, 3.63) is 47.5 Å². The smallest absolute Gasteiger partial charge is 0.316 e. The first kappa shape index (κ1) is 16.7. The van der Waals surface area contributed by atoms with Crippen LogP contribution in [0.2, 0.25) is 0 Å². The number of hydrogen-bond acceptors (Lipinski definition) is 4. The topological polar surface area (TPSA) is 52.6 Å². The summed E-state index contributed by atoms with van der Waals surface area (Å²) in [4.78, 5) is 24.7. The molecular weight excluding hydrogens is 304 g/mol. The lowest BCUT2D eigenvalue weighted by Gasteiger charge is -2.30. The highest BCUT2D eigenvalue weighted by molar-refractivity contribution is 5.86. The molecular formula is C20H24O4. The van der Waals surface area contributed by atoms with Crippen LogP contribution in [0.4, 0.5) is 0 Å². The van der Waals surface area contributed by atoms with E-state index in [1.165, 1.54) is 0 Å². The van der Waals surface area contributed by atoms with Crippen molar-refractivity contribution in [2.24, 2.45) is 5.41 Å². The maximum atomic E-state index is 12.5. The van der Waals surface area contributed by atoms with Gasteiger partial charge >= 0.3 is 11.9 Å². The fraction of sp³-hybridized carbons (Fsp3) is 0.500. The summed E-state index contributed by atoms with van der Waals surface area (Å²) in [5.41, 5.74) is 1.47. The molecule has 1 aromatic rings. The maximum absolute atomic E-state index is 12.5. The molecule has 24 heavy (non-hydrogen) atoms. The van der Waals surface area contributed by atoms with E-state index in [4.69, 9.17) is 9.47 Å². The molecule has 1 aromatic carbocycles. The zero-order chi connectivity index (χ0) is 17.0. The Balaban J connectivity index is 1.64. The lowest BCUT2D eigenvalue weighted by Crippen LogP contribution is -2.30. The van der Waals surface area contributed by atoms with E-state index < -0.39 is 11.5 Å². The Morgan fingerprint density at radius 3 is 2.88 bits per heavy atom. The number of hydrogen-bond donors (Lipinski definition) is 0. The van der Waals surface area contributed by atoms with Crippen LogP contribution < -0.4 is 0 Å². The molecule has 1 unspecified atom stereocenters. The second-order valence-electron chi connectivity index (χ2n) is 6.63. The molecule has 0 saturated carbocycles. The van der Waals surface area contributed by atoms with Gasteiger partial charge in [-0.2, -0.15) is 0 Å². The highest BCUT2D eigenvalue weighted by Gasteiger charge is 2.53. The highest BCUT2D eigenvalue weighted by Crippen LogP contribution is 2.50. The van der Waals surface area contributed by atoms with Crippen LogP contribution in [-0.4, -0.2) is 18.0 Å². The summed E-state index contributed by atoms with van der Waals surface area (Å²) < 4.78 is 10.9. The molecule has 4 nitrogen and oxygen atoms in total. The molecule has 1 aliphatic carbocycles. The van der Waals surface area contributed by atoms with Crippen LogP contribution in [-0.2, 0) is 25.7 Å². The maximum Gasteiger partial charge on any atom is 0.316 e. The fourth-order valence-electron chi connectivity index (χ4n) is 3.86. The number of fused-ring (bicyclic) bond motifs is 1. The summed E-state index contributed by atoms with van der Waals surface area (Å²) in [5, 5.41) is 0. The van der Waals surface area contributed by atoms with Crippen LogP contribution in [0.1, 0.15) is 51.0 Å². The first-order valence-corrected chi connectivity index (χ1v) is 8.77. The third-order valence-electron chi connectivity index (χ3n) is 4.98. The van der Waals surface area contributed by atoms with E-state index >= 15 is 0 Å². The van der Waals surface area contributed by atoms with Gasteiger partial charge in [0.05, 0.1) is 11.8 Å². The lowest BCUT2D eigenvalue weighted by atomic mass is 9.69. The normalized spacial score (nSPS) is 25.6. The minimum absolute atomic E-state index is 0.107. The molecule has 1 aliphatic heterocycles. The van der Waals surface area contributed by atoms with Gasteiger partial charge in [-0.15, -0.1) is 0 Å². The standard InChI is InChI=1S/C20H24O4/c1-2-11-20-12-7-6-10-16(20)17(24-19(20)22)13-18(21)23-14-15-8-4-3-5-9-15/h3-5,8-10,17H,2,6-7,11-14H2,1H3/t17-,20?/m1/s1. The number of carbonyl (C=O) groups is 2. The molecule has 2 aliphatic rings. The minimum atomic E-state index is -0.489. The number of ether oxygens (including phenoxy) is 2. The minimum Gasteiger partial charge on any atom is -0.461 e. The molecule has 0 spiro atoms. The van der Waals surface area contributed by atoms with Gasteiger partial charge in [-0.1, -0.05) is 49.8 Å². The highest BCUT2D eigenvalue weighted by atomic mass is 16.6. The van der Waals surface area contributed by atoms with Crippen molar-refractivity contribution in [3.8, 4) is 0 Å². The molecule has 0 radical (unpaired) electrons. The quantitative estimate of drug-likeness (QED) is 0.586. The largest absolute Gasteiger partial charge is 0.461 e. The SMILES string of the molecule is CCCC12CCCC=C1[C@@H](CC(=O)OCc1ccccc1)OC2=O. The average Bonchev–Trinajstić information content (AvgIpc) is 2.87. The van der Waals surface area contributed by atoms with Gasteiger partial charge in [-0.05, 0) is 36.8 Å². The molecule has 128 valence electrons. The molecule has 1 saturated heterocycles. The summed E-state index contributed by atoms with van der Waals surface area (Å²) in [6.45, 7) is 2.33. The zero-order valence-corrected chi connectivity index (χ0v) is 14.1. The Labute approximate surface area is 142 Å². The van der Waals surface area contributed by atoms with Crippen LogP contribution >= 0.6 is 0 Å². The molecule has 0 aromatic heterocycles. The number of esters is 2. The van der Waals surface area contributed by atoms with Crippen LogP contribution in [0, 0.1) is 5.41 Å². The van der Waals surface area contributed by atoms with Crippen molar-refractivity contribution in [1.82, 2.24) is 0 Å². The number of cyclic esters (lactones) is 1. The van der Waals surface area contributed by atoms with Crippen molar-refractivity contribution < 1.29 is 19.1 Å². The van der Waals surface area contributed by atoms with Gasteiger partial charge in [0, 0.05) is 0 Å². The van der Waals surface area contributed by atoms with Crippen molar-refractivity contribution in [3.63, 3.8) is 0 Å². The van der Waals surface area contributed by atoms with E-state index in [-0.39, 0.29) is 25.0 Å². The Bertz CT molecular complexity index is 634. The van der Waals surface area contributed by atoms with Gasteiger partial charge < -0.3 is 9.47 Å². The second kappa shape index (κ2) is 7.20.